The summed E-state index contributed by atoms with van der Waals surface area (Å²) in [6.45, 7) is 18.5. The number of hydrogen-bond donors (Lipinski definition) is 4. The number of halogens is 2. The van der Waals surface area contributed by atoms with Gasteiger partial charge in [0, 0.05) is 13.1 Å². The Morgan fingerprint density at radius 2 is 1.06 bits per heavy atom. The molecule has 4 aliphatic heterocycles. The fourth-order valence-corrected chi connectivity index (χ4v) is 6.22. The van der Waals surface area contributed by atoms with E-state index >= 15 is 0 Å². The van der Waals surface area contributed by atoms with E-state index in [1.165, 1.54) is 27.0 Å². The quantitative estimate of drug-likeness (QED) is 0.0630. The molecule has 0 aromatic heterocycles. The molecule has 0 spiro atoms. The van der Waals surface area contributed by atoms with Gasteiger partial charge >= 0.3 is 41.1 Å². The first-order valence-electron chi connectivity index (χ1n) is 22.6. The largest absolute Gasteiger partial charge is 0.390 e. The van der Waals surface area contributed by atoms with E-state index in [1.807, 2.05) is 83.1 Å². The summed E-state index contributed by atoms with van der Waals surface area (Å²) in [6.07, 6.45) is 0.528. The Morgan fingerprint density at radius 3 is 1.30 bits per heavy atom. The molecule has 4 aromatic carbocycles. The molecule has 5 N–H and O–H groups in total. The van der Waals surface area contributed by atoms with E-state index in [2.05, 4.69) is 77.7 Å². The van der Waals surface area contributed by atoms with E-state index in [4.69, 9.17) is 46.5 Å². The number of nitrogens with two attached hydrogens (primary N) is 1. The number of aliphatic hydroxyl groups excluding tert-OH is 3. The van der Waals surface area contributed by atoms with Crippen LogP contribution in [0, 0.1) is 11.9 Å². The first-order valence-corrected chi connectivity index (χ1v) is 23.2. The number of epoxide rings is 1. The summed E-state index contributed by atoms with van der Waals surface area (Å²) in [5.74, 6) is 2.49. The average molecular weight is 994 g/mol. The second kappa shape index (κ2) is 32.5. The van der Waals surface area contributed by atoms with Gasteiger partial charge in [-0.1, -0.05) is 135 Å². The predicted octanol–water partition coefficient (Wildman–Crippen LogP) is 7.99. The van der Waals surface area contributed by atoms with E-state index in [0.717, 1.165) is 30.8 Å². The summed E-state index contributed by atoms with van der Waals surface area (Å²) >= 11 is 5.27. The Bertz CT molecular complexity index is 2020. The third-order valence-electron chi connectivity index (χ3n) is 9.40. The first-order chi connectivity index (χ1) is 32.3. The minimum atomic E-state index is -0.476. The second-order valence-corrected chi connectivity index (χ2v) is 17.8. The SMILES string of the molecule is CC.CC(C)(C)OC(=O)N1CC(=O)C1.CC(C)(C)OC(=O)N1CC(O)C1.Cl.ClCC1CO1.NC(c1ccccc1)c1ccccc1.O=BC#CO.OC1CN(C(c2ccccc2)c2ccccc2)C1. The Labute approximate surface area is 420 Å². The molecule has 1 atom stereocenters. The molecule has 376 valence electrons. The number of Topliss-reactive ketones (excluding diaryl/α,β-unsaturated/α-hetero) is 1. The van der Waals surface area contributed by atoms with Crippen molar-refractivity contribution < 1.29 is 48.6 Å². The summed E-state index contributed by atoms with van der Waals surface area (Å²) < 4.78 is 23.9. The van der Waals surface area contributed by atoms with Crippen LogP contribution in [-0.4, -0.2) is 136 Å². The van der Waals surface area contributed by atoms with Gasteiger partial charge in [-0.25, -0.2) is 9.59 Å². The smallest absolute Gasteiger partial charge is 0.0794 e. The summed E-state index contributed by atoms with van der Waals surface area (Å²) in [5, 5.41) is 25.9. The fourth-order valence-electron chi connectivity index (χ4n) is 6.05. The van der Waals surface area contributed by atoms with Crippen molar-refractivity contribution in [3.63, 3.8) is 0 Å². The zero-order chi connectivity index (χ0) is 50.7. The molecule has 0 bridgehead atoms. The van der Waals surface area contributed by atoms with Crippen molar-refractivity contribution in [3.05, 3.63) is 144 Å². The number of benzene rings is 4. The van der Waals surface area contributed by atoms with Crippen molar-refractivity contribution >= 4 is 49.1 Å². The number of hydrogen-bond acceptors (Lipinski definition) is 12. The van der Waals surface area contributed by atoms with Crippen LogP contribution in [0.25, 0.3) is 0 Å². The molecule has 4 aromatic rings. The fraction of sp³-hybridized carbons (Fsp3) is 0.442. The topological polar surface area (TPSA) is 196 Å². The van der Waals surface area contributed by atoms with E-state index < -0.39 is 17.3 Å². The number of alkyl halides is 1. The van der Waals surface area contributed by atoms with Gasteiger partial charge in [-0.15, -0.1) is 24.0 Å². The molecule has 1 unspecified atom stereocenters. The van der Waals surface area contributed by atoms with Crippen LogP contribution in [0.3, 0.4) is 0 Å². The number of nitrogens with zero attached hydrogens (tertiary/aromatic N) is 3. The Kier molecular flexibility index (Phi) is 29.1. The van der Waals surface area contributed by atoms with Gasteiger partial charge in [-0.05, 0) is 63.8 Å². The number of amides is 2. The van der Waals surface area contributed by atoms with Gasteiger partial charge in [0.05, 0.1) is 69.1 Å². The number of likely N-dealkylation sites (tertiary alicyclic amines) is 3. The number of rotatable bonds is 6. The summed E-state index contributed by atoms with van der Waals surface area (Å²) in [6, 6.07) is 41.5. The molecule has 69 heavy (non-hydrogen) atoms. The van der Waals surface area contributed by atoms with Crippen LogP contribution in [0.15, 0.2) is 121 Å². The second-order valence-electron chi connectivity index (χ2n) is 17.5. The standard InChI is InChI=1S/C16H17NO.C13H13N.C8H15NO3.C8H13NO3.C3H5ClO.C2HBO2.C2H6.ClH/c18-15-11-17(12-15)16(13-7-3-1-4-8-13)14-9-5-2-6-10-14;14-13(11-7-3-1-4-8-11)12-9-5-2-6-10-12;2*1-8(2,3)12-7(11)9-4-6(10)5-9;4-1-3-2-5-3;4-2-1-3-5;1-2;/h1-10,15-16,18H,11-12H2;1-10,13H,14H2;6,10H,4-5H2,1-3H3;4-5H2,1-3H3;3H,1-2H2;4H;1-2H3;1H. The van der Waals surface area contributed by atoms with Gasteiger partial charge in [0.1, 0.15) is 11.2 Å². The molecular formula is C52H71BCl2N4O10. The van der Waals surface area contributed by atoms with Crippen LogP contribution < -0.4 is 5.73 Å². The van der Waals surface area contributed by atoms with Crippen LogP contribution in [0.5, 0.6) is 0 Å². The molecule has 17 heteroatoms. The average Bonchev–Trinajstić information content (AvgIpc) is 4.14. The van der Waals surface area contributed by atoms with Crippen molar-refractivity contribution in [2.24, 2.45) is 5.73 Å². The van der Waals surface area contributed by atoms with Crippen molar-refractivity contribution in [2.75, 3.05) is 51.8 Å². The maximum Gasteiger partial charge on any atom is 0.0794 e. The number of ketones is 1. The maximum absolute atomic E-state index is 11.2. The Hall–Kier alpha value is -5.31. The third-order valence-corrected chi connectivity index (χ3v) is 9.75. The number of β-amino-alcohol motifs (C(OH)–C–C–N with tert-alkyl or cyclic N) is 2. The zero-order valence-electron chi connectivity index (χ0n) is 41.1. The third kappa shape index (κ3) is 25.2. The summed E-state index contributed by atoms with van der Waals surface area (Å²) in [5.41, 5.74) is 10.1. The normalized spacial score (nSPS) is 15.6. The van der Waals surface area contributed by atoms with Gasteiger partial charge in [0.15, 0.2) is 5.78 Å². The summed E-state index contributed by atoms with van der Waals surface area (Å²) in [4.78, 5) is 38.0. The minimum absolute atomic E-state index is 0. The zero-order valence-corrected chi connectivity index (χ0v) is 42.6. The molecule has 0 radical (unpaired) electrons. The molecule has 4 aliphatic rings. The number of carbonyl (C=O) groups excluding carboxylic acids is 3. The van der Waals surface area contributed by atoms with E-state index in [0.29, 0.717) is 32.2 Å². The van der Waals surface area contributed by atoms with Crippen LogP contribution in [0.1, 0.15) is 89.7 Å². The van der Waals surface area contributed by atoms with Crippen LogP contribution in [0.4, 0.5) is 9.59 Å². The Morgan fingerprint density at radius 1 is 0.710 bits per heavy atom. The molecule has 2 amide bonds. The number of aliphatic hydroxyl groups is 3. The van der Waals surface area contributed by atoms with Gasteiger partial charge < -0.3 is 35.1 Å². The van der Waals surface area contributed by atoms with E-state index in [1.54, 1.807) is 26.6 Å². The first kappa shape index (κ1) is 61.7. The van der Waals surface area contributed by atoms with Crippen molar-refractivity contribution in [1.29, 1.82) is 0 Å². The molecule has 4 fully saturated rings. The minimum Gasteiger partial charge on any atom is -0.390 e. The molecule has 4 saturated heterocycles. The van der Waals surface area contributed by atoms with Crippen molar-refractivity contribution in [2.45, 2.75) is 97.0 Å². The van der Waals surface area contributed by atoms with Crippen LogP contribution >= 0.6 is 24.0 Å². The van der Waals surface area contributed by atoms with Gasteiger partial charge in [-0.2, -0.15) is 0 Å². The molecule has 4 heterocycles. The number of carbonyl (C=O) groups is 3. The number of ether oxygens (including phenoxy) is 3. The molecule has 14 nitrogen and oxygen atoms in total. The van der Waals surface area contributed by atoms with Gasteiger partial charge in [-0.3, -0.25) is 14.6 Å². The van der Waals surface area contributed by atoms with Crippen molar-refractivity contribution in [3.8, 4) is 11.9 Å². The monoisotopic (exact) mass is 992 g/mol. The van der Waals surface area contributed by atoms with Crippen molar-refractivity contribution in [1.82, 2.24) is 14.7 Å². The predicted molar refractivity (Wildman–Crippen MR) is 273 cm³/mol. The van der Waals surface area contributed by atoms with Crippen LogP contribution in [0.2, 0.25) is 0 Å². The molecule has 8 rings (SSSR count). The molecular weight excluding hydrogens is 922 g/mol. The molecule has 0 aliphatic carbocycles. The summed E-state index contributed by atoms with van der Waals surface area (Å²) in [7, 11) is 0.319. The van der Waals surface area contributed by atoms with Gasteiger partial charge in [0.25, 0.3) is 0 Å². The van der Waals surface area contributed by atoms with E-state index in [9.17, 15) is 19.5 Å². The maximum atomic E-state index is 11.2. The molecule has 0 saturated carbocycles. The van der Waals surface area contributed by atoms with E-state index in [-0.39, 0.29) is 61.7 Å². The van der Waals surface area contributed by atoms with Gasteiger partial charge in [0.2, 0.25) is 0 Å². The van der Waals surface area contributed by atoms with Crippen LogP contribution in [-0.2, 0) is 23.7 Å². The Balaban J connectivity index is 0.000000428.